The van der Waals surface area contributed by atoms with Crippen LogP contribution in [0.2, 0.25) is 0 Å². The minimum Gasteiger partial charge on any atom is -0.441 e. The fourth-order valence-corrected chi connectivity index (χ4v) is 3.90. The van der Waals surface area contributed by atoms with E-state index in [0.29, 0.717) is 43.4 Å². The standard InChI is InChI=1S/C22H24F2N4O2/c1-14-25-12-20(30-14)16-3-4-17-11-26-21(27-18(17)9-16)10-19(29)15-5-7-28(8-6-15)13-22(2,23)24/h3-4,9,11-12,15H,5-8,10,13H2,1-2H3. The summed E-state index contributed by atoms with van der Waals surface area (Å²) in [6.07, 6.45) is 4.72. The van der Waals surface area contributed by atoms with Gasteiger partial charge in [0, 0.05) is 36.9 Å². The summed E-state index contributed by atoms with van der Waals surface area (Å²) >= 11 is 0. The lowest BCUT2D eigenvalue weighted by Gasteiger charge is -2.32. The third-order valence-corrected chi connectivity index (χ3v) is 5.41. The summed E-state index contributed by atoms with van der Waals surface area (Å²) in [6, 6.07) is 5.73. The lowest BCUT2D eigenvalue weighted by molar-refractivity contribution is -0.124. The maximum absolute atomic E-state index is 13.2. The Labute approximate surface area is 173 Å². The van der Waals surface area contributed by atoms with Crippen LogP contribution in [0.5, 0.6) is 0 Å². The Morgan fingerprint density at radius 1 is 1.23 bits per heavy atom. The number of hydrogen-bond donors (Lipinski definition) is 0. The van der Waals surface area contributed by atoms with Crippen LogP contribution in [-0.2, 0) is 11.2 Å². The smallest absolute Gasteiger partial charge is 0.257 e. The summed E-state index contributed by atoms with van der Waals surface area (Å²) in [7, 11) is 0. The Balaban J connectivity index is 1.43. The van der Waals surface area contributed by atoms with Crippen LogP contribution in [-0.4, -0.2) is 51.2 Å². The fraction of sp³-hybridized carbons (Fsp3) is 0.455. The van der Waals surface area contributed by atoms with Crippen molar-refractivity contribution in [1.82, 2.24) is 19.9 Å². The van der Waals surface area contributed by atoms with E-state index in [2.05, 4.69) is 15.0 Å². The molecule has 0 radical (unpaired) electrons. The van der Waals surface area contributed by atoms with Gasteiger partial charge in [0.25, 0.3) is 5.92 Å². The number of alkyl halides is 2. The quantitative estimate of drug-likeness (QED) is 0.605. The fourth-order valence-electron chi connectivity index (χ4n) is 3.90. The second kappa shape index (κ2) is 8.18. The number of halogens is 2. The summed E-state index contributed by atoms with van der Waals surface area (Å²) < 4.78 is 31.9. The molecular formula is C22H24F2N4O2. The number of hydrogen-bond acceptors (Lipinski definition) is 6. The van der Waals surface area contributed by atoms with Crippen LogP contribution >= 0.6 is 0 Å². The first-order chi connectivity index (χ1) is 14.3. The van der Waals surface area contributed by atoms with Crippen LogP contribution in [0.25, 0.3) is 22.2 Å². The van der Waals surface area contributed by atoms with Crippen molar-refractivity contribution in [3.8, 4) is 11.3 Å². The number of oxazole rings is 1. The van der Waals surface area contributed by atoms with Crippen molar-refractivity contribution in [1.29, 1.82) is 0 Å². The Bertz CT molecular complexity index is 1050. The third kappa shape index (κ3) is 4.87. The van der Waals surface area contributed by atoms with Gasteiger partial charge in [0.05, 0.1) is 24.7 Å². The van der Waals surface area contributed by atoms with Crippen molar-refractivity contribution in [2.75, 3.05) is 19.6 Å². The number of fused-ring (bicyclic) bond motifs is 1. The number of carbonyl (C=O) groups excluding carboxylic acids is 1. The monoisotopic (exact) mass is 414 g/mol. The van der Waals surface area contributed by atoms with Gasteiger partial charge in [-0.2, -0.15) is 0 Å². The number of piperidine rings is 1. The molecular weight excluding hydrogens is 390 g/mol. The maximum atomic E-state index is 13.2. The number of aromatic nitrogens is 3. The van der Waals surface area contributed by atoms with Crippen LogP contribution in [0.1, 0.15) is 31.5 Å². The van der Waals surface area contributed by atoms with Crippen molar-refractivity contribution < 1.29 is 18.0 Å². The zero-order valence-electron chi connectivity index (χ0n) is 17.1. The number of likely N-dealkylation sites (tertiary alicyclic amines) is 1. The molecule has 6 nitrogen and oxygen atoms in total. The van der Waals surface area contributed by atoms with Gasteiger partial charge in [0.15, 0.2) is 11.7 Å². The Morgan fingerprint density at radius 2 is 2.00 bits per heavy atom. The van der Waals surface area contributed by atoms with Gasteiger partial charge >= 0.3 is 0 Å². The molecule has 2 aromatic heterocycles. The molecule has 3 aromatic rings. The maximum Gasteiger partial charge on any atom is 0.257 e. The van der Waals surface area contributed by atoms with E-state index in [-0.39, 0.29) is 24.7 Å². The van der Waals surface area contributed by atoms with E-state index in [1.165, 1.54) is 0 Å². The minimum atomic E-state index is -2.71. The minimum absolute atomic E-state index is 0.0688. The molecule has 1 aliphatic rings. The van der Waals surface area contributed by atoms with Crippen molar-refractivity contribution in [3.63, 3.8) is 0 Å². The second-order valence-corrected chi connectivity index (χ2v) is 8.07. The predicted molar refractivity (Wildman–Crippen MR) is 108 cm³/mol. The molecule has 3 heterocycles. The average Bonchev–Trinajstić information content (AvgIpc) is 3.13. The number of benzene rings is 1. The zero-order chi connectivity index (χ0) is 21.3. The molecule has 0 saturated carbocycles. The normalized spacial score (nSPS) is 16.3. The van der Waals surface area contributed by atoms with E-state index in [9.17, 15) is 13.6 Å². The van der Waals surface area contributed by atoms with E-state index in [1.54, 1.807) is 24.2 Å². The zero-order valence-corrected chi connectivity index (χ0v) is 17.1. The summed E-state index contributed by atoms with van der Waals surface area (Å²) in [6.45, 7) is 3.48. The Hall–Kier alpha value is -2.74. The van der Waals surface area contributed by atoms with E-state index in [1.807, 2.05) is 18.2 Å². The molecule has 4 rings (SSSR count). The van der Waals surface area contributed by atoms with E-state index in [4.69, 9.17) is 4.42 Å². The Morgan fingerprint density at radius 3 is 2.67 bits per heavy atom. The van der Waals surface area contributed by atoms with Gasteiger partial charge < -0.3 is 4.42 Å². The number of carbonyl (C=O) groups is 1. The first kappa shape index (κ1) is 20.5. The molecule has 0 bridgehead atoms. The third-order valence-electron chi connectivity index (χ3n) is 5.41. The van der Waals surface area contributed by atoms with Gasteiger partial charge in [-0.3, -0.25) is 9.69 Å². The molecule has 0 unspecified atom stereocenters. The molecule has 1 saturated heterocycles. The van der Waals surface area contributed by atoms with Gasteiger partial charge in [0.1, 0.15) is 11.6 Å². The lowest BCUT2D eigenvalue weighted by Crippen LogP contribution is -2.42. The molecule has 30 heavy (non-hydrogen) atoms. The van der Waals surface area contributed by atoms with E-state index >= 15 is 0 Å². The van der Waals surface area contributed by atoms with Gasteiger partial charge in [0.2, 0.25) is 0 Å². The number of nitrogens with zero attached hydrogens (tertiary/aromatic N) is 4. The first-order valence-electron chi connectivity index (χ1n) is 10.1. The molecule has 1 aromatic carbocycles. The summed E-state index contributed by atoms with van der Waals surface area (Å²) in [5.74, 6) is -1.04. The number of Topliss-reactive ketones (excluding diaryl/α,β-unsaturated/α-hetero) is 1. The van der Waals surface area contributed by atoms with Gasteiger partial charge in [-0.05, 0) is 32.0 Å². The second-order valence-electron chi connectivity index (χ2n) is 8.07. The summed E-state index contributed by atoms with van der Waals surface area (Å²) in [5.41, 5.74) is 1.60. The summed E-state index contributed by atoms with van der Waals surface area (Å²) in [5, 5.41) is 0.875. The molecule has 1 aliphatic heterocycles. The molecule has 0 aliphatic carbocycles. The average molecular weight is 414 g/mol. The van der Waals surface area contributed by atoms with E-state index < -0.39 is 5.92 Å². The van der Waals surface area contributed by atoms with E-state index in [0.717, 1.165) is 23.4 Å². The van der Waals surface area contributed by atoms with Crippen LogP contribution in [0, 0.1) is 12.8 Å². The highest BCUT2D eigenvalue weighted by Gasteiger charge is 2.30. The molecule has 0 amide bonds. The molecule has 8 heteroatoms. The largest absolute Gasteiger partial charge is 0.441 e. The van der Waals surface area contributed by atoms with Gasteiger partial charge in [-0.25, -0.2) is 23.7 Å². The van der Waals surface area contributed by atoms with Crippen molar-refractivity contribution in [3.05, 3.63) is 42.3 Å². The molecule has 158 valence electrons. The molecule has 1 fully saturated rings. The number of rotatable bonds is 6. The highest BCUT2D eigenvalue weighted by Crippen LogP contribution is 2.25. The van der Waals surface area contributed by atoms with Crippen LogP contribution < -0.4 is 0 Å². The van der Waals surface area contributed by atoms with Crippen molar-refractivity contribution in [2.45, 2.75) is 39.0 Å². The van der Waals surface area contributed by atoms with Crippen molar-refractivity contribution >= 4 is 16.7 Å². The first-order valence-corrected chi connectivity index (χ1v) is 10.1. The Kier molecular flexibility index (Phi) is 5.60. The molecule has 0 atom stereocenters. The molecule has 0 N–H and O–H groups in total. The van der Waals surface area contributed by atoms with Crippen molar-refractivity contribution in [2.24, 2.45) is 5.92 Å². The topological polar surface area (TPSA) is 72.1 Å². The molecule has 0 spiro atoms. The lowest BCUT2D eigenvalue weighted by atomic mass is 9.90. The highest BCUT2D eigenvalue weighted by atomic mass is 19.3. The number of ketones is 1. The van der Waals surface area contributed by atoms with Crippen LogP contribution in [0.3, 0.4) is 0 Å². The van der Waals surface area contributed by atoms with Crippen LogP contribution in [0.4, 0.5) is 8.78 Å². The van der Waals surface area contributed by atoms with Crippen LogP contribution in [0.15, 0.2) is 35.0 Å². The van der Waals surface area contributed by atoms with Gasteiger partial charge in [-0.1, -0.05) is 12.1 Å². The van der Waals surface area contributed by atoms with Gasteiger partial charge in [-0.15, -0.1) is 0 Å². The summed E-state index contributed by atoms with van der Waals surface area (Å²) in [4.78, 5) is 27.5. The predicted octanol–water partition coefficient (Wildman–Crippen LogP) is 4.07. The SMILES string of the molecule is Cc1ncc(-c2ccc3cnc(CC(=O)C4CCN(CC(C)(F)F)CC4)nc3c2)o1. The highest BCUT2D eigenvalue weighted by molar-refractivity contribution is 5.85. The number of aryl methyl sites for hydroxylation is 1.